The number of hydrogen-bond acceptors (Lipinski definition) is 19. The third-order valence-electron chi connectivity index (χ3n) is 22.5. The van der Waals surface area contributed by atoms with Gasteiger partial charge in [-0.25, -0.2) is 13.2 Å². The van der Waals surface area contributed by atoms with Crippen LogP contribution in [0.4, 0.5) is 18.0 Å². The van der Waals surface area contributed by atoms with E-state index in [-0.39, 0.29) is 84.6 Å². The van der Waals surface area contributed by atoms with Crippen molar-refractivity contribution in [2.45, 2.75) is 319 Å². The van der Waals surface area contributed by atoms with Crippen LogP contribution in [-0.4, -0.2) is 172 Å². The molecule has 0 aliphatic carbocycles. The van der Waals surface area contributed by atoms with Gasteiger partial charge in [0.25, 0.3) is 0 Å². The first-order chi connectivity index (χ1) is 67.5. The highest BCUT2D eigenvalue weighted by Crippen LogP contribution is 2.36. The highest BCUT2D eigenvalue weighted by Gasteiger charge is 2.32. The summed E-state index contributed by atoms with van der Waals surface area (Å²) in [7, 11) is 2.82. The van der Waals surface area contributed by atoms with Crippen LogP contribution < -0.4 is 47.9 Å². The minimum Gasteiger partial charge on any atom is -0.495 e. The van der Waals surface area contributed by atoms with Crippen LogP contribution in [0.2, 0.25) is 5.02 Å². The Labute approximate surface area is 881 Å². The molecule has 1 N–H and O–H groups in total. The smallest absolute Gasteiger partial charge is 0.495 e. The Morgan fingerprint density at radius 2 is 0.801 bits per heavy atom. The molecule has 2 aromatic heterocycles. The number of amides is 1. The highest BCUT2D eigenvalue weighted by molar-refractivity contribution is 7.90. The standard InChI is InChI=1S/C18H29NO3.C14H21ClO3S.C14H23NO.2C14H20O2.C13H19NO2.C13H16O.C11H13F3O.C10H15NO/c1-17(2,3)14-9-7-10-15(13-14)21-12-8-11-19-16(20)22-18(4,5)6;1-14(2,3)11-6-7-12(15)13(10-11)18-8-5-9-19(4,16)17;1-14(2,3)12-7-6-8-13(11-12)16-10-9-15(4)5;2*1-14(2,3)11-4-6-12(7-5-11)16-13-8-9-15-10-13;1-13(2,3)12-5-4-10(8-14-12)16-11-6-7-15-9-11;1-5-9-14-12-8-6-7-11(10-12)13(2,3)4;1-10(2,3)8-5-4-6-9(7-8)15-11(12,13)14;1-10(2,3)8-5-9(12-4)7-11-6-8/h7,9-10,13H,8,11-12H2,1-6H3,(H,19,20);6-7,10H,5,8-9H2,1-4H3;6-8,11H,9-10H2,1-5H3;2*4-7,13H,8-10H2,1-3H3;4-5,8,11H,6-7,9H2,1-3H3;1,6-8,10H,9H2,2-4H3;4-7H,1-3H3;5-7H,1-4H3. The maximum atomic E-state index is 11.9. The predicted octanol–water partition coefficient (Wildman–Crippen LogP) is 28.8. The van der Waals surface area contributed by atoms with E-state index in [4.69, 9.17) is 74.9 Å². The number of sulfone groups is 1. The lowest BCUT2D eigenvalue weighted by Gasteiger charge is -2.20. The first-order valence-corrected chi connectivity index (χ1v) is 53.1. The SMILES string of the molecule is C#CCOc1cccc(C(C)(C)C)c1.CC(C)(C)OC(=O)NCCCOc1cccc(C(C)(C)C)c1.CC(C)(C)c1ccc(Cl)c(OCCCS(C)(=O)=O)c1.CC(C)(C)c1ccc(OC2CCOC2)cc1.CC(C)(C)c1ccc(OC2CCOC2)cc1.CC(C)(C)c1ccc(OC2CCOC2)cn1.CC(C)(C)c1cccc(OC(F)(F)F)c1.CN(C)CCOc1cccc(C(C)(C)C)c1.COc1cncc(C(C)(C)C)c1. The third-order valence-corrected chi connectivity index (χ3v) is 23.8. The molecule has 12 rings (SSSR count). The van der Waals surface area contributed by atoms with Gasteiger partial charge in [-0.2, -0.15) is 0 Å². The van der Waals surface area contributed by atoms with Crippen molar-refractivity contribution < 1.29 is 88.0 Å². The number of terminal acetylenes is 1. The van der Waals surface area contributed by atoms with Gasteiger partial charge in [0.15, 0.2) is 0 Å². The van der Waals surface area contributed by atoms with Gasteiger partial charge in [0.05, 0.1) is 83.1 Å². The van der Waals surface area contributed by atoms with E-state index < -0.39 is 21.8 Å². The molecule has 146 heavy (non-hydrogen) atoms. The third kappa shape index (κ3) is 54.6. The second-order valence-corrected chi connectivity index (χ2v) is 49.7. The summed E-state index contributed by atoms with van der Waals surface area (Å²) in [6.07, 6.45) is 11.6. The lowest BCUT2D eigenvalue weighted by atomic mass is 9.87. The summed E-state index contributed by atoms with van der Waals surface area (Å²) in [4.78, 5) is 22.1. The first kappa shape index (κ1) is 128. The van der Waals surface area contributed by atoms with Crippen molar-refractivity contribution in [2.24, 2.45) is 0 Å². The van der Waals surface area contributed by atoms with Crippen LogP contribution in [0.15, 0.2) is 201 Å². The molecule has 810 valence electrons. The minimum absolute atomic E-state index is 0.0233. The molecule has 3 fully saturated rings. The zero-order valence-electron chi connectivity index (χ0n) is 94.4. The number of ether oxygens (including phenoxy) is 13. The molecule has 20 nitrogen and oxygen atoms in total. The van der Waals surface area contributed by atoms with Crippen LogP contribution in [-0.2, 0) is 77.5 Å². The molecule has 25 heteroatoms. The fraction of sp³-hybridized carbons (Fsp3) is 0.545. The number of methoxy groups -OCH3 is 1. The van der Waals surface area contributed by atoms with E-state index in [9.17, 15) is 26.4 Å². The van der Waals surface area contributed by atoms with E-state index in [0.717, 1.165) is 129 Å². The number of halogens is 4. The van der Waals surface area contributed by atoms with Crippen molar-refractivity contribution in [3.8, 4) is 64.1 Å². The molecule has 5 heterocycles. The number of nitrogens with zero attached hydrogens (tertiary/aromatic N) is 3. The van der Waals surface area contributed by atoms with E-state index in [2.05, 4.69) is 296 Å². The molecular formula is C121H176ClF3N4O16S. The zero-order valence-corrected chi connectivity index (χ0v) is 96.0. The van der Waals surface area contributed by atoms with Crippen LogP contribution in [0.25, 0.3) is 0 Å². The Balaban J connectivity index is 0.000000343. The molecule has 0 saturated carbocycles. The number of alkyl halides is 3. The molecule has 0 radical (unpaired) electrons. The molecule has 9 aromatic rings. The van der Waals surface area contributed by atoms with Gasteiger partial charge in [0.2, 0.25) is 0 Å². The number of alkyl carbamates (subject to hydrolysis) is 1. The molecule has 7 aromatic carbocycles. The van der Waals surface area contributed by atoms with Crippen molar-refractivity contribution in [2.75, 3.05) is 112 Å². The fourth-order valence-electron chi connectivity index (χ4n) is 13.4. The fourth-order valence-corrected chi connectivity index (χ4v) is 14.2. The molecule has 3 unspecified atom stereocenters. The van der Waals surface area contributed by atoms with E-state index in [1.54, 1.807) is 31.6 Å². The van der Waals surface area contributed by atoms with Crippen molar-refractivity contribution in [3.05, 3.63) is 256 Å². The molecule has 1 amide bonds. The Morgan fingerprint density at radius 3 is 1.16 bits per heavy atom. The lowest BCUT2D eigenvalue weighted by molar-refractivity contribution is -0.274. The summed E-state index contributed by atoms with van der Waals surface area (Å²) in [5.74, 6) is 9.25. The maximum Gasteiger partial charge on any atom is 0.573 e. The van der Waals surface area contributed by atoms with Gasteiger partial charge in [-0.15, -0.1) is 19.6 Å². The molecule has 3 aliphatic rings. The van der Waals surface area contributed by atoms with Crippen LogP contribution in [0.5, 0.6) is 51.7 Å². The van der Waals surface area contributed by atoms with Crippen LogP contribution >= 0.6 is 11.6 Å². The van der Waals surface area contributed by atoms with Crippen molar-refractivity contribution in [3.63, 3.8) is 0 Å². The van der Waals surface area contributed by atoms with Gasteiger partial charge in [-0.3, -0.25) is 9.97 Å². The quantitative estimate of drug-likeness (QED) is 0.0440. The number of carbonyl (C=O) groups excluding carboxylic acids is 1. The number of aromatic nitrogens is 2. The van der Waals surface area contributed by atoms with Crippen LogP contribution in [0, 0.1) is 12.3 Å². The van der Waals surface area contributed by atoms with Gasteiger partial charge >= 0.3 is 12.5 Å². The van der Waals surface area contributed by atoms with Gasteiger partial charge < -0.3 is 71.8 Å². The van der Waals surface area contributed by atoms with Gasteiger partial charge in [0.1, 0.15) is 98.7 Å². The summed E-state index contributed by atoms with van der Waals surface area (Å²) in [5, 5.41) is 3.27. The van der Waals surface area contributed by atoms with E-state index in [1.165, 1.54) is 51.8 Å². The number of pyridine rings is 2. The van der Waals surface area contributed by atoms with Crippen LogP contribution in [0.3, 0.4) is 0 Å². The summed E-state index contributed by atoms with van der Waals surface area (Å²) < 4.78 is 128. The molecule has 3 aliphatic heterocycles. The topological polar surface area (TPSA) is 212 Å². The second kappa shape index (κ2) is 59.2. The largest absolute Gasteiger partial charge is 0.573 e. The average Bonchev–Trinajstić information content (AvgIpc) is 1.22. The molecule has 3 saturated heterocycles. The normalized spacial score (nSPS) is 14.9. The zero-order chi connectivity index (χ0) is 110. The Hall–Kier alpha value is -10.3. The Kier molecular flexibility index (Phi) is 51.9. The molecule has 0 spiro atoms. The Morgan fingerprint density at radius 1 is 0.432 bits per heavy atom. The number of rotatable bonds is 24. The minimum atomic E-state index is -4.63. The molecule has 0 bridgehead atoms. The van der Waals surface area contributed by atoms with Crippen molar-refractivity contribution >= 4 is 27.5 Å². The number of likely N-dealkylation sites (N-methyl/N-ethyl adjacent to an activating group) is 1. The van der Waals surface area contributed by atoms with E-state index in [0.29, 0.717) is 50.2 Å². The second-order valence-electron chi connectivity index (χ2n) is 47.0. The lowest BCUT2D eigenvalue weighted by Crippen LogP contribution is -2.33. The molecular weight excluding hydrogens is 1890 g/mol. The van der Waals surface area contributed by atoms with E-state index >= 15 is 0 Å². The number of hydrogen-bond donors (Lipinski definition) is 1. The van der Waals surface area contributed by atoms with Crippen LogP contribution in [0.1, 0.15) is 290 Å². The summed E-state index contributed by atoms with van der Waals surface area (Å²) in [6, 6.07) is 59.2. The van der Waals surface area contributed by atoms with Gasteiger partial charge in [-0.05, 0) is 239 Å². The van der Waals surface area contributed by atoms with E-state index in [1.807, 2.05) is 121 Å². The monoisotopic (exact) mass is 2070 g/mol. The highest BCUT2D eigenvalue weighted by atomic mass is 35.5. The average molecular weight is 2070 g/mol. The van der Waals surface area contributed by atoms with Crippen molar-refractivity contribution in [1.29, 1.82) is 0 Å². The Bertz CT molecular complexity index is 5240. The first-order valence-electron chi connectivity index (χ1n) is 50.6. The number of benzene rings is 7. The van der Waals surface area contributed by atoms with Gasteiger partial charge in [0, 0.05) is 55.9 Å². The van der Waals surface area contributed by atoms with Gasteiger partial charge in [-0.1, -0.05) is 283 Å². The molecule has 3 atom stereocenters. The predicted molar refractivity (Wildman–Crippen MR) is 592 cm³/mol. The summed E-state index contributed by atoms with van der Waals surface area (Å²) >= 11 is 6.07. The number of carbonyl (C=O) groups is 1. The van der Waals surface area contributed by atoms with Crippen molar-refractivity contribution in [1.82, 2.24) is 20.2 Å². The number of nitrogens with one attached hydrogen (secondary N) is 1. The maximum absolute atomic E-state index is 11.9. The summed E-state index contributed by atoms with van der Waals surface area (Å²) in [6.45, 7) is 71.6. The summed E-state index contributed by atoms with van der Waals surface area (Å²) in [5.41, 5.74) is 11.2.